The summed E-state index contributed by atoms with van der Waals surface area (Å²) in [7, 11) is 0. The average molecular weight is 279 g/mol. The maximum atomic E-state index is 6.44. The van der Waals surface area contributed by atoms with Crippen molar-refractivity contribution in [3.63, 3.8) is 0 Å². The second-order valence-corrected chi connectivity index (χ2v) is 6.16. The number of fused-ring (bicyclic) bond motifs is 1. The van der Waals surface area contributed by atoms with Gasteiger partial charge in [0, 0.05) is 23.7 Å². The number of aromatic nitrogens is 1. The topological polar surface area (TPSA) is 24.9 Å². The molecule has 1 aliphatic carbocycles. The predicted molar refractivity (Wildman–Crippen MR) is 76.2 cm³/mol. The van der Waals surface area contributed by atoms with E-state index in [2.05, 4.69) is 39.9 Å². The number of halogens is 1. The average Bonchev–Trinajstić information content (AvgIpc) is 2.90. The van der Waals surface area contributed by atoms with Gasteiger partial charge in [-0.2, -0.15) is 0 Å². The normalized spacial score (nSPS) is 22.1. The molecule has 0 aliphatic heterocycles. The van der Waals surface area contributed by atoms with E-state index in [1.807, 2.05) is 6.92 Å². The van der Waals surface area contributed by atoms with Crippen molar-refractivity contribution in [2.24, 2.45) is 0 Å². The fraction of sp³-hybridized carbons (Fsp3) is 0.357. The molecule has 94 valence electrons. The van der Waals surface area contributed by atoms with Gasteiger partial charge < -0.3 is 5.32 Å². The lowest BCUT2D eigenvalue weighted by atomic mass is 10.1. The zero-order chi connectivity index (χ0) is 12.5. The Hall–Kier alpha value is -0.900. The molecule has 0 fully saturated rings. The number of nitrogens with zero attached hydrogens (tertiary/aromatic N) is 1. The number of alkyl halides is 1. The summed E-state index contributed by atoms with van der Waals surface area (Å²) in [5.74, 6) is 0. The first-order valence-electron chi connectivity index (χ1n) is 6.10. The minimum absolute atomic E-state index is 0.142. The lowest BCUT2D eigenvalue weighted by Crippen LogP contribution is -2.25. The van der Waals surface area contributed by atoms with E-state index >= 15 is 0 Å². The number of benzene rings is 1. The van der Waals surface area contributed by atoms with Gasteiger partial charge in [0.05, 0.1) is 5.38 Å². The van der Waals surface area contributed by atoms with E-state index in [1.54, 1.807) is 11.3 Å². The van der Waals surface area contributed by atoms with E-state index in [-0.39, 0.29) is 11.4 Å². The van der Waals surface area contributed by atoms with Gasteiger partial charge >= 0.3 is 0 Å². The van der Waals surface area contributed by atoms with Crippen molar-refractivity contribution in [2.45, 2.75) is 31.3 Å². The molecule has 2 aromatic rings. The lowest BCUT2D eigenvalue weighted by molar-refractivity contribution is 0.535. The Morgan fingerprint density at radius 2 is 2.28 bits per heavy atom. The molecule has 2 unspecified atom stereocenters. The number of aryl methyl sites for hydroxylation is 1. The van der Waals surface area contributed by atoms with Crippen LogP contribution in [0.2, 0.25) is 0 Å². The molecule has 0 amide bonds. The largest absolute Gasteiger partial charge is 0.302 e. The maximum absolute atomic E-state index is 6.44. The molecular formula is C14H15ClN2S. The number of hydrogen-bond donors (Lipinski definition) is 1. The van der Waals surface area contributed by atoms with Crippen molar-refractivity contribution < 1.29 is 0 Å². The highest BCUT2D eigenvalue weighted by Crippen LogP contribution is 2.34. The van der Waals surface area contributed by atoms with Gasteiger partial charge in [0.15, 0.2) is 0 Å². The summed E-state index contributed by atoms with van der Waals surface area (Å²) in [6, 6.07) is 8.74. The SMILES string of the molecule is Cc1csc(CNC2c3ccccc3CC2Cl)n1. The van der Waals surface area contributed by atoms with E-state index in [1.165, 1.54) is 11.1 Å². The van der Waals surface area contributed by atoms with E-state index in [4.69, 9.17) is 11.6 Å². The molecule has 1 aromatic heterocycles. The van der Waals surface area contributed by atoms with Crippen molar-refractivity contribution in [3.8, 4) is 0 Å². The van der Waals surface area contributed by atoms with E-state index in [9.17, 15) is 0 Å². The van der Waals surface area contributed by atoms with E-state index < -0.39 is 0 Å². The standard InChI is InChI=1S/C14H15ClN2S/c1-9-8-18-13(17-9)7-16-14-11-5-3-2-4-10(11)6-12(14)15/h2-5,8,12,14,16H,6-7H2,1H3. The molecule has 1 aliphatic rings. The van der Waals surface area contributed by atoms with Crippen LogP contribution in [0.25, 0.3) is 0 Å². The summed E-state index contributed by atoms with van der Waals surface area (Å²) < 4.78 is 0. The van der Waals surface area contributed by atoms with Crippen LogP contribution in [0.3, 0.4) is 0 Å². The van der Waals surface area contributed by atoms with E-state index in [0.717, 1.165) is 23.7 Å². The molecule has 0 saturated heterocycles. The number of thiazole rings is 1. The molecular weight excluding hydrogens is 264 g/mol. The van der Waals surface area contributed by atoms with Crippen molar-refractivity contribution in [1.29, 1.82) is 0 Å². The van der Waals surface area contributed by atoms with Gasteiger partial charge in [0.1, 0.15) is 5.01 Å². The van der Waals surface area contributed by atoms with Crippen molar-refractivity contribution >= 4 is 22.9 Å². The summed E-state index contributed by atoms with van der Waals surface area (Å²) in [6.07, 6.45) is 0.951. The van der Waals surface area contributed by atoms with Crippen molar-refractivity contribution in [2.75, 3.05) is 0 Å². The molecule has 1 aromatic carbocycles. The Balaban J connectivity index is 1.73. The zero-order valence-electron chi connectivity index (χ0n) is 10.2. The molecule has 2 atom stereocenters. The van der Waals surface area contributed by atoms with Crippen LogP contribution >= 0.6 is 22.9 Å². The van der Waals surface area contributed by atoms with Crippen molar-refractivity contribution in [3.05, 3.63) is 51.5 Å². The van der Waals surface area contributed by atoms with Crippen LogP contribution in [0.1, 0.15) is 27.9 Å². The molecule has 0 spiro atoms. The minimum Gasteiger partial charge on any atom is -0.302 e. The van der Waals surface area contributed by atoms with Crippen LogP contribution in [0.5, 0.6) is 0 Å². The predicted octanol–water partition coefficient (Wildman–Crippen LogP) is 3.45. The summed E-state index contributed by atoms with van der Waals surface area (Å²) >= 11 is 8.13. The Kier molecular flexibility index (Phi) is 3.37. The van der Waals surface area contributed by atoms with Crippen LogP contribution in [0, 0.1) is 6.92 Å². The molecule has 18 heavy (non-hydrogen) atoms. The Morgan fingerprint density at radius 1 is 1.44 bits per heavy atom. The summed E-state index contributed by atoms with van der Waals surface area (Å²) in [6.45, 7) is 2.82. The number of rotatable bonds is 3. The Labute approximate surface area is 116 Å². The molecule has 0 saturated carbocycles. The Bertz CT molecular complexity index is 552. The van der Waals surface area contributed by atoms with Gasteiger partial charge in [0.25, 0.3) is 0 Å². The zero-order valence-corrected chi connectivity index (χ0v) is 11.8. The van der Waals surface area contributed by atoms with Gasteiger partial charge in [-0.25, -0.2) is 4.98 Å². The smallest absolute Gasteiger partial charge is 0.107 e. The van der Waals surface area contributed by atoms with Gasteiger partial charge in [-0.05, 0) is 24.5 Å². The minimum atomic E-state index is 0.142. The fourth-order valence-corrected chi connectivity index (χ4v) is 3.58. The van der Waals surface area contributed by atoms with E-state index in [0.29, 0.717) is 0 Å². The quantitative estimate of drug-likeness (QED) is 0.870. The number of nitrogens with one attached hydrogen (secondary N) is 1. The van der Waals surface area contributed by atoms with Gasteiger partial charge in [-0.1, -0.05) is 24.3 Å². The van der Waals surface area contributed by atoms with Crippen LogP contribution < -0.4 is 5.32 Å². The maximum Gasteiger partial charge on any atom is 0.107 e. The first-order valence-corrected chi connectivity index (χ1v) is 7.42. The third-order valence-electron chi connectivity index (χ3n) is 3.31. The lowest BCUT2D eigenvalue weighted by Gasteiger charge is -2.16. The highest BCUT2D eigenvalue weighted by atomic mass is 35.5. The summed E-state index contributed by atoms with van der Waals surface area (Å²) in [5, 5.41) is 6.88. The molecule has 1 N–H and O–H groups in total. The van der Waals surface area contributed by atoms with Gasteiger partial charge in [-0.3, -0.25) is 0 Å². The first-order chi connectivity index (χ1) is 8.74. The summed E-state index contributed by atoms with van der Waals surface area (Å²) in [5.41, 5.74) is 3.79. The monoisotopic (exact) mass is 278 g/mol. The van der Waals surface area contributed by atoms with Crippen LogP contribution in [0.4, 0.5) is 0 Å². The fourth-order valence-electron chi connectivity index (χ4n) is 2.47. The first kappa shape index (κ1) is 12.2. The Morgan fingerprint density at radius 3 is 3.06 bits per heavy atom. The third-order valence-corrected chi connectivity index (χ3v) is 4.68. The van der Waals surface area contributed by atoms with Crippen LogP contribution in [-0.2, 0) is 13.0 Å². The number of hydrogen-bond acceptors (Lipinski definition) is 3. The summed E-state index contributed by atoms with van der Waals surface area (Å²) in [4.78, 5) is 4.47. The van der Waals surface area contributed by atoms with Crippen LogP contribution in [0.15, 0.2) is 29.6 Å². The second-order valence-electron chi connectivity index (χ2n) is 4.66. The highest BCUT2D eigenvalue weighted by molar-refractivity contribution is 7.09. The van der Waals surface area contributed by atoms with Crippen LogP contribution in [-0.4, -0.2) is 10.4 Å². The molecule has 2 nitrogen and oxygen atoms in total. The molecule has 0 bridgehead atoms. The molecule has 3 rings (SSSR count). The second kappa shape index (κ2) is 5.00. The molecule has 1 heterocycles. The van der Waals surface area contributed by atoms with Crippen molar-refractivity contribution in [1.82, 2.24) is 10.3 Å². The highest BCUT2D eigenvalue weighted by Gasteiger charge is 2.30. The molecule has 4 heteroatoms. The van der Waals surface area contributed by atoms with Gasteiger partial charge in [0.2, 0.25) is 0 Å². The third kappa shape index (κ3) is 2.30. The van der Waals surface area contributed by atoms with Gasteiger partial charge in [-0.15, -0.1) is 22.9 Å². The molecule has 0 radical (unpaired) electrons.